The maximum atomic E-state index is 10.9. The van der Waals surface area contributed by atoms with Crippen molar-refractivity contribution in [2.24, 2.45) is 5.73 Å². The highest BCUT2D eigenvalue weighted by Gasteiger charge is 2.12. The van der Waals surface area contributed by atoms with Crippen LogP contribution in [0, 0.1) is 0 Å². The topological polar surface area (TPSA) is 61.5 Å². The lowest BCUT2D eigenvalue weighted by Gasteiger charge is -2.05. The summed E-state index contributed by atoms with van der Waals surface area (Å²) in [4.78, 5) is 10.9. The first-order valence-corrected chi connectivity index (χ1v) is 3.31. The lowest BCUT2D eigenvalue weighted by Crippen LogP contribution is -2.13. The minimum Gasteiger partial charge on any atom is -0.489 e. The first-order chi connectivity index (χ1) is 5.13. The van der Waals surface area contributed by atoms with Crippen molar-refractivity contribution in [3.05, 3.63) is 11.5 Å². The Morgan fingerprint density at radius 1 is 1.55 bits per heavy atom. The van der Waals surface area contributed by atoms with E-state index in [9.17, 15) is 4.79 Å². The molecule has 4 heteroatoms. The fraction of sp³-hybridized carbons (Fsp3) is 0.571. The van der Waals surface area contributed by atoms with Crippen molar-refractivity contribution in [3.63, 3.8) is 0 Å². The summed E-state index contributed by atoms with van der Waals surface area (Å²) in [5, 5.41) is 0. The Morgan fingerprint density at radius 3 is 2.36 bits per heavy atom. The van der Waals surface area contributed by atoms with Crippen molar-refractivity contribution in [3.8, 4) is 0 Å². The third-order valence-corrected chi connectivity index (χ3v) is 1.02. The molecule has 64 valence electrons. The van der Waals surface area contributed by atoms with Crippen LogP contribution in [-0.2, 0) is 14.3 Å². The number of allylic oxidation sites excluding steroid dienone is 1. The quantitative estimate of drug-likeness (QED) is 0.367. The molecule has 0 aromatic heterocycles. The van der Waals surface area contributed by atoms with Crippen LogP contribution in [0.25, 0.3) is 0 Å². The number of rotatable bonds is 3. The van der Waals surface area contributed by atoms with Gasteiger partial charge < -0.3 is 15.2 Å². The van der Waals surface area contributed by atoms with E-state index in [4.69, 9.17) is 10.5 Å². The van der Waals surface area contributed by atoms with E-state index in [-0.39, 0.29) is 5.76 Å². The molecule has 0 atom stereocenters. The van der Waals surface area contributed by atoms with Gasteiger partial charge in [0.1, 0.15) is 0 Å². The molecular formula is C7H13NO3. The Kier molecular flexibility index (Phi) is 4.10. The number of ether oxygens (including phenoxy) is 2. The second-order valence-electron chi connectivity index (χ2n) is 1.94. The van der Waals surface area contributed by atoms with E-state index < -0.39 is 5.97 Å². The van der Waals surface area contributed by atoms with Gasteiger partial charge in [-0.2, -0.15) is 0 Å². The van der Waals surface area contributed by atoms with E-state index >= 15 is 0 Å². The van der Waals surface area contributed by atoms with Crippen LogP contribution < -0.4 is 5.73 Å². The molecule has 0 radical (unpaired) electrons. The Morgan fingerprint density at radius 2 is 2.09 bits per heavy atom. The fourth-order valence-corrected chi connectivity index (χ4v) is 0.602. The summed E-state index contributed by atoms with van der Waals surface area (Å²) in [5.74, 6) is -0.443. The van der Waals surface area contributed by atoms with Gasteiger partial charge in [-0.1, -0.05) is 0 Å². The Hall–Kier alpha value is -1.19. The maximum Gasteiger partial charge on any atom is 0.375 e. The summed E-state index contributed by atoms with van der Waals surface area (Å²) in [6.45, 7) is 3.62. The van der Waals surface area contributed by atoms with Gasteiger partial charge in [0.2, 0.25) is 5.76 Å². The van der Waals surface area contributed by atoms with E-state index in [0.717, 1.165) is 0 Å². The second-order valence-corrected chi connectivity index (χ2v) is 1.94. The van der Waals surface area contributed by atoms with Crippen molar-refractivity contribution in [1.82, 2.24) is 0 Å². The predicted octanol–water partition coefficient (Wildman–Crippen LogP) is 0.386. The van der Waals surface area contributed by atoms with E-state index in [1.54, 1.807) is 13.8 Å². The number of hydrogen-bond acceptors (Lipinski definition) is 4. The highest BCUT2D eigenvalue weighted by Crippen LogP contribution is 2.01. The number of carbonyl (C=O) groups excluding carboxylic acids is 1. The highest BCUT2D eigenvalue weighted by molar-refractivity contribution is 5.86. The lowest BCUT2D eigenvalue weighted by atomic mass is 10.4. The van der Waals surface area contributed by atoms with Crippen LogP contribution in [0.3, 0.4) is 0 Å². The van der Waals surface area contributed by atoms with Crippen LogP contribution in [0.2, 0.25) is 0 Å². The van der Waals surface area contributed by atoms with Gasteiger partial charge in [-0.15, -0.1) is 0 Å². The van der Waals surface area contributed by atoms with Gasteiger partial charge in [0.05, 0.1) is 19.4 Å². The molecule has 2 N–H and O–H groups in total. The molecule has 0 amide bonds. The first kappa shape index (κ1) is 9.81. The van der Waals surface area contributed by atoms with Crippen LogP contribution in [0.15, 0.2) is 11.5 Å². The molecule has 0 saturated carbocycles. The largest absolute Gasteiger partial charge is 0.489 e. The Balaban J connectivity index is 4.28. The number of carbonyl (C=O) groups is 1. The molecule has 0 heterocycles. The van der Waals surface area contributed by atoms with E-state index in [2.05, 4.69) is 4.74 Å². The monoisotopic (exact) mass is 159 g/mol. The second kappa shape index (κ2) is 4.60. The van der Waals surface area contributed by atoms with Crippen molar-refractivity contribution in [1.29, 1.82) is 0 Å². The highest BCUT2D eigenvalue weighted by atomic mass is 16.6. The van der Waals surface area contributed by atoms with Gasteiger partial charge in [0, 0.05) is 0 Å². The minimum absolute atomic E-state index is 0.0758. The van der Waals surface area contributed by atoms with Crippen LogP contribution in [-0.4, -0.2) is 19.7 Å². The number of hydrogen-bond donors (Lipinski definition) is 1. The maximum absolute atomic E-state index is 10.9. The number of methoxy groups -OCH3 is 1. The first-order valence-electron chi connectivity index (χ1n) is 3.31. The van der Waals surface area contributed by atoms with Crippen molar-refractivity contribution < 1.29 is 14.3 Å². The molecule has 0 aliphatic carbocycles. The average Bonchev–Trinajstić information content (AvgIpc) is 1.88. The van der Waals surface area contributed by atoms with Crippen molar-refractivity contribution in [2.75, 3.05) is 13.7 Å². The van der Waals surface area contributed by atoms with Crippen molar-refractivity contribution >= 4 is 5.97 Å². The van der Waals surface area contributed by atoms with Gasteiger partial charge in [-0.3, -0.25) is 0 Å². The molecule has 0 spiro atoms. The summed E-state index contributed by atoms with van der Waals surface area (Å²) < 4.78 is 9.36. The summed E-state index contributed by atoms with van der Waals surface area (Å²) in [7, 11) is 1.38. The smallest absolute Gasteiger partial charge is 0.375 e. The van der Waals surface area contributed by atoms with Gasteiger partial charge in [0.25, 0.3) is 0 Å². The molecule has 0 aliphatic rings. The van der Waals surface area contributed by atoms with Gasteiger partial charge >= 0.3 is 5.97 Å². The van der Waals surface area contributed by atoms with Gasteiger partial charge in [0.15, 0.2) is 0 Å². The van der Waals surface area contributed by atoms with E-state index in [1.165, 1.54) is 7.11 Å². The standard InChI is InChI=1S/C7H13NO3/c1-4-11-7(9)6(10-3)5(2)8/h4,8H2,1-3H3/b6-5+. The molecule has 0 bridgehead atoms. The Bertz CT molecular complexity index is 171. The van der Waals surface area contributed by atoms with Crippen LogP contribution in [0.4, 0.5) is 0 Å². The molecule has 4 nitrogen and oxygen atoms in total. The number of nitrogens with two attached hydrogens (primary N) is 1. The molecular weight excluding hydrogens is 146 g/mol. The number of esters is 1. The molecule has 0 aromatic rings. The molecule has 11 heavy (non-hydrogen) atoms. The fourth-order valence-electron chi connectivity index (χ4n) is 0.602. The van der Waals surface area contributed by atoms with Crippen molar-refractivity contribution in [2.45, 2.75) is 13.8 Å². The summed E-state index contributed by atoms with van der Waals surface area (Å²) in [6, 6.07) is 0. The van der Waals surface area contributed by atoms with E-state index in [0.29, 0.717) is 12.3 Å². The zero-order chi connectivity index (χ0) is 8.85. The van der Waals surface area contributed by atoms with Crippen LogP contribution in [0.1, 0.15) is 13.8 Å². The molecule has 0 fully saturated rings. The summed E-state index contributed by atoms with van der Waals surface area (Å²) >= 11 is 0. The molecule has 0 saturated heterocycles. The molecule has 0 rings (SSSR count). The zero-order valence-electron chi connectivity index (χ0n) is 7.01. The Labute approximate surface area is 66.0 Å². The lowest BCUT2D eigenvalue weighted by molar-refractivity contribution is -0.142. The molecule has 0 aromatic carbocycles. The third kappa shape index (κ3) is 2.93. The normalized spacial score (nSPS) is 11.9. The average molecular weight is 159 g/mol. The van der Waals surface area contributed by atoms with E-state index in [1.807, 2.05) is 0 Å². The van der Waals surface area contributed by atoms with Crippen LogP contribution in [0.5, 0.6) is 0 Å². The molecule has 0 unspecified atom stereocenters. The van der Waals surface area contributed by atoms with Crippen LogP contribution >= 0.6 is 0 Å². The molecule has 0 aliphatic heterocycles. The third-order valence-electron chi connectivity index (χ3n) is 1.02. The minimum atomic E-state index is -0.519. The summed E-state index contributed by atoms with van der Waals surface area (Å²) in [6.07, 6.45) is 0. The zero-order valence-corrected chi connectivity index (χ0v) is 7.01. The summed E-state index contributed by atoms with van der Waals surface area (Å²) in [5.41, 5.74) is 5.66. The van der Waals surface area contributed by atoms with Gasteiger partial charge in [-0.25, -0.2) is 4.79 Å². The predicted molar refractivity (Wildman–Crippen MR) is 40.5 cm³/mol. The SMILES string of the molecule is CCOC(=O)/C(OC)=C(/C)N. The van der Waals surface area contributed by atoms with Gasteiger partial charge in [-0.05, 0) is 13.8 Å².